The normalized spacial score (nSPS) is 14.9. The quantitative estimate of drug-likeness (QED) is 0.885. The van der Waals surface area contributed by atoms with Crippen LogP contribution in [0.5, 0.6) is 11.5 Å². The minimum absolute atomic E-state index is 0.131. The van der Waals surface area contributed by atoms with Crippen LogP contribution in [0.2, 0.25) is 0 Å². The van der Waals surface area contributed by atoms with Gasteiger partial charge in [-0.25, -0.2) is 0 Å². The van der Waals surface area contributed by atoms with Gasteiger partial charge in [0.1, 0.15) is 0 Å². The molecule has 86 valence electrons. The number of fused-ring (bicyclic) bond motifs is 1. The van der Waals surface area contributed by atoms with Crippen molar-refractivity contribution in [1.29, 1.82) is 0 Å². The molecule has 6 heteroatoms. The molecule has 0 fully saturated rings. The summed E-state index contributed by atoms with van der Waals surface area (Å²) in [6.45, 7) is 0.131. The molecule has 0 radical (unpaired) electrons. The van der Waals surface area contributed by atoms with Gasteiger partial charge in [0.25, 0.3) is 0 Å². The Kier molecular flexibility index (Phi) is 3.02. The van der Waals surface area contributed by atoms with E-state index in [0.717, 1.165) is 0 Å². The predicted octanol–water partition coefficient (Wildman–Crippen LogP) is 1.69. The molecule has 5 nitrogen and oxygen atoms in total. The molecule has 2 N–H and O–H groups in total. The fourth-order valence-corrected chi connectivity index (χ4v) is 2.04. The van der Waals surface area contributed by atoms with E-state index in [1.54, 1.807) is 12.1 Å². The largest absolute Gasteiger partial charge is 0.481 e. The summed E-state index contributed by atoms with van der Waals surface area (Å²) in [6, 6.07) is 3.21. The lowest BCUT2D eigenvalue weighted by Gasteiger charge is -2.10. The van der Waals surface area contributed by atoms with Crippen molar-refractivity contribution < 1.29 is 24.5 Å². The van der Waals surface area contributed by atoms with Crippen molar-refractivity contribution in [2.24, 2.45) is 0 Å². The van der Waals surface area contributed by atoms with Crippen LogP contribution < -0.4 is 9.47 Å². The minimum atomic E-state index is -1.05. The summed E-state index contributed by atoms with van der Waals surface area (Å²) in [4.78, 5) is 10.5. The van der Waals surface area contributed by atoms with Gasteiger partial charge >= 0.3 is 5.97 Å². The van der Waals surface area contributed by atoms with Crippen molar-refractivity contribution in [2.45, 2.75) is 12.5 Å². The van der Waals surface area contributed by atoms with Gasteiger partial charge in [-0.05, 0) is 33.6 Å². The average Bonchev–Trinajstić information content (AvgIpc) is 2.64. The fourth-order valence-electron chi connectivity index (χ4n) is 1.46. The highest BCUT2D eigenvalue weighted by molar-refractivity contribution is 9.10. The molecule has 2 rings (SSSR count). The number of hydrogen-bond acceptors (Lipinski definition) is 4. The van der Waals surface area contributed by atoms with Gasteiger partial charge in [0.15, 0.2) is 11.5 Å². The number of benzene rings is 1. The van der Waals surface area contributed by atoms with E-state index >= 15 is 0 Å². The second-order valence-corrected chi connectivity index (χ2v) is 4.20. The molecule has 1 heterocycles. The Morgan fingerprint density at radius 2 is 2.25 bits per heavy atom. The van der Waals surface area contributed by atoms with E-state index in [9.17, 15) is 9.90 Å². The number of ether oxygens (including phenoxy) is 2. The zero-order valence-corrected chi connectivity index (χ0v) is 9.73. The molecule has 0 bridgehead atoms. The summed E-state index contributed by atoms with van der Waals surface area (Å²) < 4.78 is 11.0. The van der Waals surface area contributed by atoms with Crippen molar-refractivity contribution in [3.63, 3.8) is 0 Å². The molecule has 0 saturated heterocycles. The molecular formula is C10H9BrO5. The van der Waals surface area contributed by atoms with Crippen LogP contribution in [-0.2, 0) is 4.79 Å². The van der Waals surface area contributed by atoms with Gasteiger partial charge in [-0.15, -0.1) is 0 Å². The number of carboxylic acid groups (broad SMARTS) is 1. The van der Waals surface area contributed by atoms with Crippen LogP contribution in [0, 0.1) is 0 Å². The molecule has 0 aromatic heterocycles. The Balaban J connectivity index is 2.29. The first-order valence-corrected chi connectivity index (χ1v) is 5.36. The number of carboxylic acids is 1. The van der Waals surface area contributed by atoms with E-state index in [0.29, 0.717) is 21.5 Å². The van der Waals surface area contributed by atoms with Gasteiger partial charge in [0.05, 0.1) is 17.0 Å². The van der Waals surface area contributed by atoms with E-state index in [1.165, 1.54) is 0 Å². The van der Waals surface area contributed by atoms with Crippen LogP contribution in [0.1, 0.15) is 18.1 Å². The third-order valence-electron chi connectivity index (χ3n) is 2.20. The number of carbonyl (C=O) groups is 1. The third kappa shape index (κ3) is 2.12. The lowest BCUT2D eigenvalue weighted by atomic mass is 10.1. The summed E-state index contributed by atoms with van der Waals surface area (Å²) in [7, 11) is 0. The Bertz CT molecular complexity index is 431. The second-order valence-electron chi connectivity index (χ2n) is 3.35. The molecule has 1 aromatic rings. The lowest BCUT2D eigenvalue weighted by Crippen LogP contribution is -2.05. The van der Waals surface area contributed by atoms with E-state index < -0.39 is 12.1 Å². The van der Waals surface area contributed by atoms with E-state index in [-0.39, 0.29) is 13.2 Å². The van der Waals surface area contributed by atoms with Crippen molar-refractivity contribution in [1.82, 2.24) is 0 Å². The summed E-state index contributed by atoms with van der Waals surface area (Å²) in [5.74, 6) is 0.0291. The van der Waals surface area contributed by atoms with Crippen molar-refractivity contribution in [3.05, 3.63) is 22.2 Å². The average molecular weight is 289 g/mol. The van der Waals surface area contributed by atoms with Gasteiger partial charge in [-0.3, -0.25) is 4.79 Å². The molecule has 0 amide bonds. The Hall–Kier alpha value is -1.27. The maximum absolute atomic E-state index is 10.5. The maximum Gasteiger partial charge on any atom is 0.306 e. The predicted molar refractivity (Wildman–Crippen MR) is 57.5 cm³/mol. The number of rotatable bonds is 3. The van der Waals surface area contributed by atoms with Gasteiger partial charge in [0, 0.05) is 0 Å². The van der Waals surface area contributed by atoms with Crippen LogP contribution >= 0.6 is 15.9 Å². The van der Waals surface area contributed by atoms with Crippen molar-refractivity contribution in [3.8, 4) is 11.5 Å². The molecule has 1 aliphatic heterocycles. The van der Waals surface area contributed by atoms with E-state index in [4.69, 9.17) is 14.6 Å². The molecule has 1 aromatic carbocycles. The molecule has 1 aliphatic rings. The van der Waals surface area contributed by atoms with Crippen LogP contribution in [0.3, 0.4) is 0 Å². The standard InChI is InChI=1S/C10H9BrO5/c11-6-1-5(7(12)3-9(13)14)2-8-10(6)16-4-15-8/h1-2,7,12H,3-4H2,(H,13,14). The summed E-state index contributed by atoms with van der Waals surface area (Å²) in [5.41, 5.74) is 0.485. The van der Waals surface area contributed by atoms with Gasteiger partial charge < -0.3 is 19.7 Å². The monoisotopic (exact) mass is 288 g/mol. The van der Waals surface area contributed by atoms with Crippen LogP contribution in [0.15, 0.2) is 16.6 Å². The smallest absolute Gasteiger partial charge is 0.306 e. The van der Waals surface area contributed by atoms with E-state index in [2.05, 4.69) is 15.9 Å². The number of halogens is 1. The molecule has 0 spiro atoms. The topological polar surface area (TPSA) is 76.0 Å². The molecular weight excluding hydrogens is 280 g/mol. The van der Waals surface area contributed by atoms with Gasteiger partial charge in [-0.1, -0.05) is 0 Å². The molecule has 1 unspecified atom stereocenters. The summed E-state index contributed by atoms with van der Waals surface area (Å²) in [6.07, 6.45) is -1.39. The molecule has 1 atom stereocenters. The number of hydrogen-bond donors (Lipinski definition) is 2. The Morgan fingerprint density at radius 3 is 2.94 bits per heavy atom. The zero-order valence-electron chi connectivity index (χ0n) is 8.14. The minimum Gasteiger partial charge on any atom is -0.481 e. The highest BCUT2D eigenvalue weighted by atomic mass is 79.9. The number of aliphatic hydroxyl groups is 1. The lowest BCUT2D eigenvalue weighted by molar-refractivity contribution is -0.139. The SMILES string of the molecule is O=C(O)CC(O)c1cc(Br)c2c(c1)OCO2. The molecule has 0 aliphatic carbocycles. The van der Waals surface area contributed by atoms with Crippen LogP contribution in [0.4, 0.5) is 0 Å². The van der Waals surface area contributed by atoms with Gasteiger partial charge in [-0.2, -0.15) is 0 Å². The fraction of sp³-hybridized carbons (Fsp3) is 0.300. The maximum atomic E-state index is 10.5. The van der Waals surface area contributed by atoms with Crippen molar-refractivity contribution in [2.75, 3.05) is 6.79 Å². The Morgan fingerprint density at radius 1 is 1.50 bits per heavy atom. The van der Waals surface area contributed by atoms with Gasteiger partial charge in [0.2, 0.25) is 6.79 Å². The Labute approximate surface area is 99.7 Å². The van der Waals surface area contributed by atoms with Crippen molar-refractivity contribution >= 4 is 21.9 Å². The summed E-state index contributed by atoms with van der Waals surface area (Å²) in [5, 5.41) is 18.2. The highest BCUT2D eigenvalue weighted by Gasteiger charge is 2.21. The first-order valence-electron chi connectivity index (χ1n) is 4.57. The van der Waals surface area contributed by atoms with Crippen LogP contribution in [0.25, 0.3) is 0 Å². The second kappa shape index (κ2) is 4.31. The van der Waals surface area contributed by atoms with Crippen LogP contribution in [-0.4, -0.2) is 23.0 Å². The third-order valence-corrected chi connectivity index (χ3v) is 2.79. The number of aliphatic carboxylic acids is 1. The highest BCUT2D eigenvalue weighted by Crippen LogP contribution is 2.41. The molecule has 0 saturated carbocycles. The zero-order chi connectivity index (χ0) is 11.7. The molecule has 16 heavy (non-hydrogen) atoms. The first-order chi connectivity index (χ1) is 7.58. The number of aliphatic hydroxyl groups excluding tert-OH is 1. The van der Waals surface area contributed by atoms with E-state index in [1.807, 2.05) is 0 Å². The summed E-state index contributed by atoms with van der Waals surface area (Å²) >= 11 is 3.27. The first kappa shape index (κ1) is 11.2.